The normalized spacial score (nSPS) is 18.0. The molecule has 24 heavy (non-hydrogen) atoms. The Morgan fingerprint density at radius 3 is 2.83 bits per heavy atom. The first-order valence-electron chi connectivity index (χ1n) is 8.57. The van der Waals surface area contributed by atoms with E-state index in [9.17, 15) is 9.18 Å². The van der Waals surface area contributed by atoms with Crippen LogP contribution in [0.5, 0.6) is 0 Å². The zero-order valence-electron chi connectivity index (χ0n) is 13.6. The fourth-order valence-corrected chi connectivity index (χ4v) is 4.87. The van der Waals surface area contributed by atoms with Crippen LogP contribution in [0.3, 0.4) is 0 Å². The summed E-state index contributed by atoms with van der Waals surface area (Å²) in [4.78, 5) is 17.0. The summed E-state index contributed by atoms with van der Waals surface area (Å²) in [5.41, 5.74) is 2.09. The molecule has 1 N–H and O–H groups in total. The lowest BCUT2D eigenvalue weighted by Crippen LogP contribution is -2.28. The zero-order valence-corrected chi connectivity index (χ0v) is 14.4. The van der Waals surface area contributed by atoms with Crippen molar-refractivity contribution in [3.8, 4) is 0 Å². The van der Waals surface area contributed by atoms with E-state index >= 15 is 0 Å². The average molecular weight is 344 g/mol. The molecule has 0 unspecified atom stereocenters. The van der Waals surface area contributed by atoms with Crippen LogP contribution in [0.4, 0.5) is 4.39 Å². The molecule has 1 aliphatic heterocycles. The summed E-state index contributed by atoms with van der Waals surface area (Å²) >= 11 is 1.60. The van der Waals surface area contributed by atoms with Gasteiger partial charge in [-0.25, -0.2) is 4.39 Å². The molecule has 4 rings (SSSR count). The third-order valence-electron chi connectivity index (χ3n) is 5.02. The van der Waals surface area contributed by atoms with Crippen molar-refractivity contribution in [3.05, 3.63) is 57.0 Å². The van der Waals surface area contributed by atoms with Crippen molar-refractivity contribution in [1.82, 2.24) is 10.2 Å². The highest BCUT2D eigenvalue weighted by molar-refractivity contribution is 7.14. The number of amides is 1. The van der Waals surface area contributed by atoms with Crippen molar-refractivity contribution in [2.24, 2.45) is 0 Å². The standard InChI is InChI=1S/C19H21FN2OS/c20-15-5-3-4-13(8-15)10-21-19(23)17-9-14-11-22(12-18(14)24-17)16-6-1-2-7-16/h3-5,8-9,16H,1-2,6-7,10-12H2,(H,21,23). The predicted octanol–water partition coefficient (Wildman–Crippen LogP) is 4.08. The Morgan fingerprint density at radius 1 is 1.25 bits per heavy atom. The molecular formula is C19H21FN2OS. The lowest BCUT2D eigenvalue weighted by atomic mass is 10.2. The monoisotopic (exact) mass is 344 g/mol. The van der Waals surface area contributed by atoms with Crippen LogP contribution in [0.25, 0.3) is 0 Å². The van der Waals surface area contributed by atoms with Crippen LogP contribution in [-0.4, -0.2) is 16.8 Å². The minimum atomic E-state index is -0.274. The highest BCUT2D eigenvalue weighted by Crippen LogP contribution is 2.35. The van der Waals surface area contributed by atoms with Crippen molar-refractivity contribution in [3.63, 3.8) is 0 Å². The van der Waals surface area contributed by atoms with E-state index in [1.807, 2.05) is 12.1 Å². The molecule has 0 bridgehead atoms. The molecule has 0 spiro atoms. The van der Waals surface area contributed by atoms with Gasteiger partial charge in [-0.2, -0.15) is 0 Å². The SMILES string of the molecule is O=C(NCc1cccc(F)c1)c1cc2c(s1)CN(C1CCCC1)C2. The van der Waals surface area contributed by atoms with Crippen molar-refractivity contribution < 1.29 is 9.18 Å². The molecular weight excluding hydrogens is 323 g/mol. The number of hydrogen-bond donors (Lipinski definition) is 1. The van der Waals surface area contributed by atoms with Crippen molar-refractivity contribution in [2.75, 3.05) is 0 Å². The molecule has 1 aromatic heterocycles. The molecule has 2 aromatic rings. The number of fused-ring (bicyclic) bond motifs is 1. The van der Waals surface area contributed by atoms with E-state index in [0.29, 0.717) is 6.54 Å². The number of rotatable bonds is 4. The second-order valence-electron chi connectivity index (χ2n) is 6.71. The summed E-state index contributed by atoms with van der Waals surface area (Å²) < 4.78 is 13.2. The minimum Gasteiger partial charge on any atom is -0.347 e. The summed E-state index contributed by atoms with van der Waals surface area (Å²) in [7, 11) is 0. The summed E-state index contributed by atoms with van der Waals surface area (Å²) in [6.45, 7) is 2.32. The van der Waals surface area contributed by atoms with E-state index in [1.54, 1.807) is 17.4 Å². The van der Waals surface area contributed by atoms with E-state index in [1.165, 1.54) is 48.3 Å². The first-order valence-corrected chi connectivity index (χ1v) is 9.39. The molecule has 1 fully saturated rings. The van der Waals surface area contributed by atoms with Crippen LogP contribution in [0.1, 0.15) is 51.4 Å². The van der Waals surface area contributed by atoms with E-state index in [0.717, 1.165) is 29.6 Å². The second-order valence-corrected chi connectivity index (χ2v) is 7.85. The third kappa shape index (κ3) is 3.23. The van der Waals surface area contributed by atoms with Gasteiger partial charge in [0, 0.05) is 30.6 Å². The molecule has 1 aliphatic carbocycles. The van der Waals surface area contributed by atoms with Crippen LogP contribution in [0.15, 0.2) is 30.3 Å². The Balaban J connectivity index is 1.36. The summed E-state index contributed by atoms with van der Waals surface area (Å²) in [6, 6.07) is 9.11. The molecule has 5 heteroatoms. The van der Waals surface area contributed by atoms with Gasteiger partial charge in [-0.15, -0.1) is 11.3 Å². The molecule has 3 nitrogen and oxygen atoms in total. The molecule has 0 saturated heterocycles. The number of thiophene rings is 1. The highest BCUT2D eigenvalue weighted by atomic mass is 32.1. The second kappa shape index (κ2) is 6.65. The molecule has 126 valence electrons. The van der Waals surface area contributed by atoms with Crippen LogP contribution < -0.4 is 5.32 Å². The Bertz CT molecular complexity index is 728. The number of nitrogens with one attached hydrogen (secondary N) is 1. The van der Waals surface area contributed by atoms with Gasteiger partial charge in [-0.1, -0.05) is 25.0 Å². The van der Waals surface area contributed by atoms with Gasteiger partial charge in [0.05, 0.1) is 4.88 Å². The number of carbonyl (C=O) groups is 1. The van der Waals surface area contributed by atoms with Crippen molar-refractivity contribution in [2.45, 2.75) is 51.4 Å². The van der Waals surface area contributed by atoms with E-state index in [4.69, 9.17) is 0 Å². The van der Waals surface area contributed by atoms with Crippen LogP contribution in [0, 0.1) is 5.82 Å². The molecule has 0 atom stereocenters. The Hall–Kier alpha value is -1.72. The van der Waals surface area contributed by atoms with E-state index in [2.05, 4.69) is 10.2 Å². The minimum absolute atomic E-state index is 0.0638. The van der Waals surface area contributed by atoms with Crippen LogP contribution >= 0.6 is 11.3 Å². The molecule has 2 heterocycles. The van der Waals surface area contributed by atoms with Crippen LogP contribution in [0.2, 0.25) is 0 Å². The maximum Gasteiger partial charge on any atom is 0.261 e. The first-order chi connectivity index (χ1) is 11.7. The number of hydrogen-bond acceptors (Lipinski definition) is 3. The quantitative estimate of drug-likeness (QED) is 0.906. The number of carbonyl (C=O) groups excluding carboxylic acids is 1. The van der Waals surface area contributed by atoms with Gasteiger partial charge in [0.2, 0.25) is 0 Å². The maximum absolute atomic E-state index is 13.2. The largest absolute Gasteiger partial charge is 0.347 e. The topological polar surface area (TPSA) is 32.3 Å². The Labute approximate surface area is 145 Å². The smallest absolute Gasteiger partial charge is 0.261 e. The molecule has 2 aliphatic rings. The maximum atomic E-state index is 13.2. The zero-order chi connectivity index (χ0) is 16.5. The first kappa shape index (κ1) is 15.8. The Kier molecular flexibility index (Phi) is 4.37. The van der Waals surface area contributed by atoms with E-state index in [-0.39, 0.29) is 11.7 Å². The van der Waals surface area contributed by atoms with Gasteiger partial charge in [0.25, 0.3) is 5.91 Å². The Morgan fingerprint density at radius 2 is 2.08 bits per heavy atom. The lowest BCUT2D eigenvalue weighted by Gasteiger charge is -2.22. The van der Waals surface area contributed by atoms with Crippen molar-refractivity contribution >= 4 is 17.2 Å². The van der Waals surface area contributed by atoms with Gasteiger partial charge in [0.1, 0.15) is 5.82 Å². The van der Waals surface area contributed by atoms with Gasteiger partial charge >= 0.3 is 0 Å². The van der Waals surface area contributed by atoms with Gasteiger partial charge in [0.15, 0.2) is 0 Å². The third-order valence-corrected chi connectivity index (χ3v) is 6.18. The number of benzene rings is 1. The van der Waals surface area contributed by atoms with E-state index < -0.39 is 0 Å². The fraction of sp³-hybridized carbons (Fsp3) is 0.421. The van der Waals surface area contributed by atoms with Crippen LogP contribution in [-0.2, 0) is 19.6 Å². The predicted molar refractivity (Wildman–Crippen MR) is 93.4 cm³/mol. The van der Waals surface area contributed by atoms with Gasteiger partial charge in [-0.3, -0.25) is 9.69 Å². The summed E-state index contributed by atoms with van der Waals surface area (Å²) in [5.74, 6) is -0.338. The molecule has 1 amide bonds. The number of halogens is 1. The lowest BCUT2D eigenvalue weighted by molar-refractivity contribution is 0.0954. The summed E-state index contributed by atoms with van der Waals surface area (Å²) in [5, 5.41) is 2.89. The number of nitrogens with zero attached hydrogens (tertiary/aromatic N) is 1. The fourth-order valence-electron chi connectivity index (χ4n) is 3.75. The average Bonchev–Trinajstić information content (AvgIpc) is 3.27. The summed E-state index contributed by atoms with van der Waals surface area (Å²) in [6.07, 6.45) is 5.33. The van der Waals surface area contributed by atoms with Gasteiger partial charge < -0.3 is 5.32 Å². The molecule has 1 aromatic carbocycles. The molecule has 0 radical (unpaired) electrons. The molecule has 1 saturated carbocycles. The van der Waals surface area contributed by atoms with Crippen molar-refractivity contribution in [1.29, 1.82) is 0 Å². The van der Waals surface area contributed by atoms with Gasteiger partial charge in [-0.05, 0) is 42.2 Å². The highest BCUT2D eigenvalue weighted by Gasteiger charge is 2.30.